The number of methoxy groups -OCH3 is 1. The van der Waals surface area contributed by atoms with Crippen molar-refractivity contribution in [3.05, 3.63) is 35.9 Å². The van der Waals surface area contributed by atoms with Gasteiger partial charge in [0.2, 0.25) is 0 Å². The Hall–Kier alpha value is -1.15. The summed E-state index contributed by atoms with van der Waals surface area (Å²) in [4.78, 5) is 11.8. The minimum absolute atomic E-state index is 0.0736. The fourth-order valence-corrected chi connectivity index (χ4v) is 1.71. The highest BCUT2D eigenvalue weighted by molar-refractivity contribution is 5.95. The summed E-state index contributed by atoms with van der Waals surface area (Å²) in [6, 6.07) is 9.49. The average molecular weight is 234 g/mol. The van der Waals surface area contributed by atoms with Crippen LogP contribution in [0.2, 0.25) is 0 Å². The number of carbonyl (C=O) groups excluding carboxylic acids is 1. The van der Waals surface area contributed by atoms with Crippen LogP contribution in [0.1, 0.15) is 49.9 Å². The van der Waals surface area contributed by atoms with E-state index >= 15 is 0 Å². The molecule has 2 heteroatoms. The normalized spacial score (nSPS) is 11.5. The van der Waals surface area contributed by atoms with E-state index in [1.54, 1.807) is 7.11 Å². The van der Waals surface area contributed by atoms with E-state index in [0.717, 1.165) is 24.8 Å². The van der Waals surface area contributed by atoms with Crippen molar-refractivity contribution < 1.29 is 9.53 Å². The molecular formula is C15H22O2. The molecule has 0 aliphatic heterocycles. The average Bonchev–Trinajstić information content (AvgIpc) is 2.35. The molecule has 17 heavy (non-hydrogen) atoms. The Bertz CT molecular complexity index is 341. The van der Waals surface area contributed by atoms with Crippen LogP contribution >= 0.6 is 0 Å². The summed E-state index contributed by atoms with van der Waals surface area (Å²) in [6.07, 6.45) is 3.58. The number of hydrogen-bond donors (Lipinski definition) is 0. The maximum absolute atomic E-state index is 11.8. The first kappa shape index (κ1) is 13.9. The molecule has 0 heterocycles. The molecule has 0 atom stereocenters. The van der Waals surface area contributed by atoms with Gasteiger partial charge in [-0.3, -0.25) is 4.79 Å². The number of benzene rings is 1. The first-order chi connectivity index (χ1) is 8.05. The van der Waals surface area contributed by atoms with Gasteiger partial charge in [0.1, 0.15) is 0 Å². The second kappa shape index (κ2) is 6.55. The lowest BCUT2D eigenvalue weighted by Crippen LogP contribution is -2.21. The van der Waals surface area contributed by atoms with Crippen molar-refractivity contribution in [3.63, 3.8) is 0 Å². The first-order valence-corrected chi connectivity index (χ1v) is 6.18. The molecule has 2 nitrogen and oxygen atoms in total. The van der Waals surface area contributed by atoms with Crippen molar-refractivity contribution >= 4 is 5.78 Å². The van der Waals surface area contributed by atoms with E-state index in [4.69, 9.17) is 4.74 Å². The molecule has 0 saturated carbocycles. The topological polar surface area (TPSA) is 26.3 Å². The molecule has 94 valence electrons. The number of unbranched alkanes of at least 4 members (excludes halogenated alkanes) is 1. The smallest absolute Gasteiger partial charge is 0.162 e. The summed E-state index contributed by atoms with van der Waals surface area (Å²) >= 11 is 0. The van der Waals surface area contributed by atoms with Gasteiger partial charge in [0, 0.05) is 19.1 Å². The minimum Gasteiger partial charge on any atom is -0.379 e. The zero-order valence-electron chi connectivity index (χ0n) is 11.0. The quantitative estimate of drug-likeness (QED) is 0.529. The van der Waals surface area contributed by atoms with Crippen molar-refractivity contribution in [1.82, 2.24) is 0 Å². The lowest BCUT2D eigenvalue weighted by atomic mass is 9.98. The second-order valence-corrected chi connectivity index (χ2v) is 4.96. The van der Waals surface area contributed by atoms with Gasteiger partial charge < -0.3 is 4.74 Å². The van der Waals surface area contributed by atoms with Crippen LogP contribution in [0.25, 0.3) is 0 Å². The van der Waals surface area contributed by atoms with Crippen LogP contribution in [-0.4, -0.2) is 18.5 Å². The molecule has 0 unspecified atom stereocenters. The van der Waals surface area contributed by atoms with E-state index < -0.39 is 0 Å². The van der Waals surface area contributed by atoms with E-state index in [1.807, 2.05) is 30.3 Å². The zero-order valence-corrected chi connectivity index (χ0v) is 11.0. The standard InChI is InChI=1S/C15H22O2/c1-15(2,17-3)12-8-7-11-14(16)13-9-5-4-6-10-13/h4-6,9-10H,7-8,11-12H2,1-3H3. The molecule has 0 aliphatic carbocycles. The molecule has 1 aromatic carbocycles. The fourth-order valence-electron chi connectivity index (χ4n) is 1.71. The molecular weight excluding hydrogens is 212 g/mol. The molecule has 1 rings (SSSR count). The molecule has 0 fully saturated rings. The van der Waals surface area contributed by atoms with Crippen molar-refractivity contribution in [3.8, 4) is 0 Å². The van der Waals surface area contributed by atoms with E-state index in [-0.39, 0.29) is 11.4 Å². The van der Waals surface area contributed by atoms with Gasteiger partial charge in [0.15, 0.2) is 5.78 Å². The van der Waals surface area contributed by atoms with E-state index in [9.17, 15) is 4.79 Å². The minimum atomic E-state index is -0.0736. The molecule has 0 bridgehead atoms. The summed E-state index contributed by atoms with van der Waals surface area (Å²) in [5.74, 6) is 0.237. The van der Waals surface area contributed by atoms with Gasteiger partial charge in [-0.2, -0.15) is 0 Å². The summed E-state index contributed by atoms with van der Waals surface area (Å²) in [5, 5.41) is 0. The molecule has 0 aliphatic rings. The maximum atomic E-state index is 11.8. The van der Waals surface area contributed by atoms with Crippen LogP contribution < -0.4 is 0 Å². The van der Waals surface area contributed by atoms with Crippen LogP contribution in [0.3, 0.4) is 0 Å². The first-order valence-electron chi connectivity index (χ1n) is 6.18. The predicted octanol–water partition coefficient (Wildman–Crippen LogP) is 3.85. The van der Waals surface area contributed by atoms with E-state index in [1.165, 1.54) is 0 Å². The van der Waals surface area contributed by atoms with Crippen molar-refractivity contribution in [1.29, 1.82) is 0 Å². The number of ketones is 1. The van der Waals surface area contributed by atoms with Crippen LogP contribution in [0.15, 0.2) is 30.3 Å². The Morgan fingerprint density at radius 2 is 1.82 bits per heavy atom. The van der Waals surface area contributed by atoms with Gasteiger partial charge in [0.05, 0.1) is 5.60 Å². The van der Waals surface area contributed by atoms with Crippen molar-refractivity contribution in [2.75, 3.05) is 7.11 Å². The number of Topliss-reactive ketones (excluding diaryl/α,β-unsaturated/α-hetero) is 1. The van der Waals surface area contributed by atoms with Crippen molar-refractivity contribution in [2.45, 2.75) is 45.1 Å². The molecule has 0 amide bonds. The highest BCUT2D eigenvalue weighted by Gasteiger charge is 2.15. The molecule has 1 aromatic rings. The van der Waals surface area contributed by atoms with Gasteiger partial charge >= 0.3 is 0 Å². The van der Waals surface area contributed by atoms with Gasteiger partial charge in [-0.1, -0.05) is 36.8 Å². The Kier molecular flexibility index (Phi) is 5.36. The fraction of sp³-hybridized carbons (Fsp3) is 0.533. The lowest BCUT2D eigenvalue weighted by Gasteiger charge is -2.22. The van der Waals surface area contributed by atoms with Gasteiger partial charge in [0.25, 0.3) is 0 Å². The number of carbonyl (C=O) groups is 1. The van der Waals surface area contributed by atoms with Gasteiger partial charge in [-0.05, 0) is 26.7 Å². The highest BCUT2D eigenvalue weighted by Crippen LogP contribution is 2.18. The zero-order chi connectivity index (χ0) is 12.7. The van der Waals surface area contributed by atoms with Crippen LogP contribution in [-0.2, 0) is 4.74 Å². The van der Waals surface area contributed by atoms with Crippen LogP contribution in [0, 0.1) is 0 Å². The summed E-state index contributed by atoms with van der Waals surface area (Å²) in [6.45, 7) is 4.15. The largest absolute Gasteiger partial charge is 0.379 e. The maximum Gasteiger partial charge on any atom is 0.162 e. The van der Waals surface area contributed by atoms with E-state index in [2.05, 4.69) is 13.8 Å². The van der Waals surface area contributed by atoms with Gasteiger partial charge in [-0.25, -0.2) is 0 Å². The van der Waals surface area contributed by atoms with Crippen molar-refractivity contribution in [2.24, 2.45) is 0 Å². The predicted molar refractivity (Wildman–Crippen MR) is 70.3 cm³/mol. The second-order valence-electron chi connectivity index (χ2n) is 4.96. The molecule has 0 radical (unpaired) electrons. The number of hydrogen-bond acceptors (Lipinski definition) is 2. The van der Waals surface area contributed by atoms with E-state index in [0.29, 0.717) is 6.42 Å². The summed E-state index contributed by atoms with van der Waals surface area (Å²) < 4.78 is 5.34. The third-order valence-electron chi connectivity index (χ3n) is 3.08. The molecule has 0 aromatic heterocycles. The monoisotopic (exact) mass is 234 g/mol. The number of ether oxygens (including phenoxy) is 1. The molecule has 0 saturated heterocycles. The highest BCUT2D eigenvalue weighted by atomic mass is 16.5. The van der Waals surface area contributed by atoms with Gasteiger partial charge in [-0.15, -0.1) is 0 Å². The molecule has 0 N–H and O–H groups in total. The van der Waals surface area contributed by atoms with Crippen LogP contribution in [0.5, 0.6) is 0 Å². The number of rotatable bonds is 7. The third kappa shape index (κ3) is 5.14. The van der Waals surface area contributed by atoms with Crippen LogP contribution in [0.4, 0.5) is 0 Å². The third-order valence-corrected chi connectivity index (χ3v) is 3.08. The Balaban J connectivity index is 2.26. The Labute approximate surface area is 104 Å². The summed E-state index contributed by atoms with van der Waals surface area (Å²) in [5.41, 5.74) is 0.744. The molecule has 0 spiro atoms. The SMILES string of the molecule is COC(C)(C)CCCCC(=O)c1ccccc1. The Morgan fingerprint density at radius 3 is 2.41 bits per heavy atom. The Morgan fingerprint density at radius 1 is 1.18 bits per heavy atom. The summed E-state index contributed by atoms with van der Waals surface area (Å²) in [7, 11) is 1.73. The lowest BCUT2D eigenvalue weighted by molar-refractivity contribution is 0.0134.